The van der Waals surface area contributed by atoms with Crippen LogP contribution >= 0.6 is 0 Å². The SMILES string of the molecule is CCOCCCNC(=O)NCCn1nnc2cc(S(=O)(=O)N3CCCC3)ccc21. The van der Waals surface area contributed by atoms with E-state index in [2.05, 4.69) is 20.9 Å². The lowest BCUT2D eigenvalue weighted by Gasteiger charge is -2.15. The monoisotopic (exact) mass is 424 g/mol. The highest BCUT2D eigenvalue weighted by Crippen LogP contribution is 2.23. The average Bonchev–Trinajstić information content (AvgIpc) is 3.38. The molecule has 29 heavy (non-hydrogen) atoms. The molecule has 3 rings (SSSR count). The van der Waals surface area contributed by atoms with E-state index in [4.69, 9.17) is 4.74 Å². The normalized spacial score (nSPS) is 15.1. The Labute approximate surface area is 170 Å². The van der Waals surface area contributed by atoms with Crippen molar-refractivity contribution < 1.29 is 17.9 Å². The van der Waals surface area contributed by atoms with E-state index in [0.29, 0.717) is 51.5 Å². The first-order valence-corrected chi connectivity index (χ1v) is 11.4. The lowest BCUT2D eigenvalue weighted by atomic mass is 10.3. The van der Waals surface area contributed by atoms with Gasteiger partial charge in [-0.2, -0.15) is 4.31 Å². The van der Waals surface area contributed by atoms with Gasteiger partial charge in [0.25, 0.3) is 0 Å². The van der Waals surface area contributed by atoms with Crippen LogP contribution in [0.15, 0.2) is 23.1 Å². The smallest absolute Gasteiger partial charge is 0.314 e. The second-order valence-corrected chi connectivity index (χ2v) is 8.75. The molecule has 2 aromatic rings. The summed E-state index contributed by atoms with van der Waals surface area (Å²) in [6.45, 7) is 5.71. The van der Waals surface area contributed by atoms with Crippen LogP contribution in [0.3, 0.4) is 0 Å². The number of fused-ring (bicyclic) bond motifs is 1. The van der Waals surface area contributed by atoms with Crippen molar-refractivity contribution in [3.05, 3.63) is 18.2 Å². The summed E-state index contributed by atoms with van der Waals surface area (Å²) in [6, 6.07) is 4.62. The van der Waals surface area contributed by atoms with E-state index in [-0.39, 0.29) is 10.9 Å². The number of rotatable bonds is 10. The van der Waals surface area contributed by atoms with Gasteiger partial charge in [-0.15, -0.1) is 5.10 Å². The third kappa shape index (κ3) is 5.43. The first kappa shape index (κ1) is 21.5. The number of urea groups is 1. The highest BCUT2D eigenvalue weighted by molar-refractivity contribution is 7.89. The molecule has 1 aliphatic heterocycles. The Morgan fingerprint density at radius 3 is 2.72 bits per heavy atom. The maximum Gasteiger partial charge on any atom is 0.314 e. The van der Waals surface area contributed by atoms with E-state index in [9.17, 15) is 13.2 Å². The van der Waals surface area contributed by atoms with Crippen LogP contribution in [0.25, 0.3) is 11.0 Å². The largest absolute Gasteiger partial charge is 0.382 e. The molecule has 0 unspecified atom stereocenters. The highest BCUT2D eigenvalue weighted by atomic mass is 32.2. The molecule has 2 amide bonds. The Bertz CT molecular complexity index is 924. The van der Waals surface area contributed by atoms with Crippen molar-refractivity contribution in [3.8, 4) is 0 Å². The first-order chi connectivity index (χ1) is 14.0. The van der Waals surface area contributed by atoms with E-state index >= 15 is 0 Å². The minimum Gasteiger partial charge on any atom is -0.382 e. The van der Waals surface area contributed by atoms with Crippen molar-refractivity contribution in [2.45, 2.75) is 37.6 Å². The molecule has 160 valence electrons. The molecule has 0 bridgehead atoms. The number of carbonyl (C=O) groups is 1. The molecule has 11 heteroatoms. The van der Waals surface area contributed by atoms with Gasteiger partial charge in [-0.05, 0) is 44.4 Å². The van der Waals surface area contributed by atoms with Crippen LogP contribution in [0.2, 0.25) is 0 Å². The fourth-order valence-corrected chi connectivity index (χ4v) is 4.75. The number of aromatic nitrogens is 3. The number of nitrogens with one attached hydrogen (secondary N) is 2. The van der Waals surface area contributed by atoms with Gasteiger partial charge >= 0.3 is 6.03 Å². The lowest BCUT2D eigenvalue weighted by Crippen LogP contribution is -2.38. The van der Waals surface area contributed by atoms with Crippen molar-refractivity contribution in [1.29, 1.82) is 0 Å². The van der Waals surface area contributed by atoms with Crippen LogP contribution in [-0.2, 0) is 21.3 Å². The Morgan fingerprint density at radius 2 is 1.97 bits per heavy atom. The van der Waals surface area contributed by atoms with Crippen LogP contribution in [-0.4, -0.2) is 73.1 Å². The number of carbonyl (C=O) groups excluding carboxylic acids is 1. The third-order valence-corrected chi connectivity index (χ3v) is 6.65. The van der Waals surface area contributed by atoms with Gasteiger partial charge < -0.3 is 15.4 Å². The summed E-state index contributed by atoms with van der Waals surface area (Å²) in [4.78, 5) is 12.0. The molecule has 2 heterocycles. The molecule has 1 aromatic carbocycles. The van der Waals surface area contributed by atoms with Crippen molar-refractivity contribution in [2.24, 2.45) is 0 Å². The number of hydrogen-bond donors (Lipinski definition) is 2. The summed E-state index contributed by atoms with van der Waals surface area (Å²) in [5.74, 6) is 0. The predicted molar refractivity (Wildman–Crippen MR) is 108 cm³/mol. The van der Waals surface area contributed by atoms with Crippen LogP contribution in [0.5, 0.6) is 0 Å². The molecule has 10 nitrogen and oxygen atoms in total. The number of ether oxygens (including phenoxy) is 1. The van der Waals surface area contributed by atoms with E-state index in [1.54, 1.807) is 22.9 Å². The first-order valence-electron chi connectivity index (χ1n) is 9.95. The summed E-state index contributed by atoms with van der Waals surface area (Å²) in [5, 5.41) is 13.7. The standard InChI is InChI=1S/C18H28N6O4S/c1-2-28-13-5-8-19-18(25)20-9-12-24-17-7-6-15(14-16(17)21-22-24)29(26,27)23-10-3-4-11-23/h6-7,14H,2-5,8-13H2,1H3,(H2,19,20,25). The molecule has 1 saturated heterocycles. The van der Waals surface area contributed by atoms with Gasteiger partial charge in [0.1, 0.15) is 5.52 Å². The van der Waals surface area contributed by atoms with Gasteiger partial charge in [0.15, 0.2) is 0 Å². The van der Waals surface area contributed by atoms with Crippen molar-refractivity contribution in [2.75, 3.05) is 39.4 Å². The van der Waals surface area contributed by atoms with Gasteiger partial charge in [-0.1, -0.05) is 5.21 Å². The average molecular weight is 425 g/mol. The summed E-state index contributed by atoms with van der Waals surface area (Å²) in [7, 11) is -3.48. The molecule has 0 saturated carbocycles. The molecule has 0 atom stereocenters. The zero-order chi connectivity index (χ0) is 20.7. The molecule has 1 aliphatic rings. The maximum absolute atomic E-state index is 12.7. The third-order valence-electron chi connectivity index (χ3n) is 4.75. The molecular weight excluding hydrogens is 396 g/mol. The molecule has 1 aromatic heterocycles. The number of sulfonamides is 1. The van der Waals surface area contributed by atoms with Crippen molar-refractivity contribution >= 4 is 27.1 Å². The Balaban J connectivity index is 1.53. The van der Waals surface area contributed by atoms with Crippen molar-refractivity contribution in [1.82, 2.24) is 29.9 Å². The second kappa shape index (κ2) is 9.99. The molecule has 0 spiro atoms. The Hall–Kier alpha value is -2.24. The molecule has 1 fully saturated rings. The minimum atomic E-state index is -3.48. The Morgan fingerprint density at radius 1 is 1.21 bits per heavy atom. The highest BCUT2D eigenvalue weighted by Gasteiger charge is 2.27. The summed E-state index contributed by atoms with van der Waals surface area (Å²) in [5.41, 5.74) is 1.25. The summed E-state index contributed by atoms with van der Waals surface area (Å²) < 4.78 is 33.7. The predicted octanol–water partition coefficient (Wildman–Crippen LogP) is 0.942. The number of nitrogens with zero attached hydrogens (tertiary/aromatic N) is 4. The summed E-state index contributed by atoms with van der Waals surface area (Å²) in [6.07, 6.45) is 2.55. The zero-order valence-electron chi connectivity index (χ0n) is 16.6. The van der Waals surface area contributed by atoms with Crippen molar-refractivity contribution in [3.63, 3.8) is 0 Å². The summed E-state index contributed by atoms with van der Waals surface area (Å²) >= 11 is 0. The van der Waals surface area contributed by atoms with E-state index in [1.165, 1.54) is 4.31 Å². The Kier molecular flexibility index (Phi) is 7.40. The molecule has 0 radical (unpaired) electrons. The van der Waals surface area contributed by atoms with E-state index < -0.39 is 10.0 Å². The minimum absolute atomic E-state index is 0.239. The molecule has 2 N–H and O–H groups in total. The zero-order valence-corrected chi connectivity index (χ0v) is 17.4. The molecule has 0 aliphatic carbocycles. The van der Waals surface area contributed by atoms with Gasteiger partial charge in [0.2, 0.25) is 10.0 Å². The van der Waals surface area contributed by atoms with Crippen LogP contribution < -0.4 is 10.6 Å². The van der Waals surface area contributed by atoms with Gasteiger partial charge in [0, 0.05) is 39.4 Å². The van der Waals surface area contributed by atoms with Gasteiger partial charge in [-0.25, -0.2) is 17.9 Å². The van der Waals surface area contributed by atoms with Crippen LogP contribution in [0.1, 0.15) is 26.2 Å². The van der Waals surface area contributed by atoms with Crippen LogP contribution in [0.4, 0.5) is 4.79 Å². The number of amides is 2. The number of benzene rings is 1. The van der Waals surface area contributed by atoms with E-state index in [0.717, 1.165) is 24.8 Å². The fourth-order valence-electron chi connectivity index (χ4n) is 3.21. The van der Waals surface area contributed by atoms with Gasteiger partial charge in [-0.3, -0.25) is 0 Å². The molecular formula is C18H28N6O4S. The lowest BCUT2D eigenvalue weighted by molar-refractivity contribution is 0.145. The van der Waals surface area contributed by atoms with Gasteiger partial charge in [0.05, 0.1) is 17.0 Å². The van der Waals surface area contributed by atoms with Crippen LogP contribution in [0, 0.1) is 0 Å². The maximum atomic E-state index is 12.7. The fraction of sp³-hybridized carbons (Fsp3) is 0.611. The topological polar surface area (TPSA) is 118 Å². The number of hydrogen-bond acceptors (Lipinski definition) is 6. The quantitative estimate of drug-likeness (QED) is 0.548. The van der Waals surface area contributed by atoms with E-state index in [1.807, 2.05) is 6.92 Å². The second-order valence-electron chi connectivity index (χ2n) is 6.81.